The Morgan fingerprint density at radius 1 is 1.11 bits per heavy atom. The average Bonchev–Trinajstić information content (AvgIpc) is 3.60. The van der Waals surface area contributed by atoms with E-state index >= 15 is 0 Å². The number of benzene rings is 1. The van der Waals surface area contributed by atoms with Crippen LogP contribution in [0.25, 0.3) is 5.69 Å². The largest absolute Gasteiger partial charge is 2.00 e. The van der Waals surface area contributed by atoms with Crippen LogP contribution in [0.2, 0.25) is 0 Å². The zero-order valence-corrected chi connectivity index (χ0v) is 22.2. The van der Waals surface area contributed by atoms with Crippen molar-refractivity contribution in [2.24, 2.45) is 0 Å². The van der Waals surface area contributed by atoms with Crippen LogP contribution in [0.3, 0.4) is 0 Å². The summed E-state index contributed by atoms with van der Waals surface area (Å²) >= 11 is 0. The van der Waals surface area contributed by atoms with Gasteiger partial charge in [0.1, 0.15) is 11.5 Å². The van der Waals surface area contributed by atoms with Crippen LogP contribution in [-0.4, -0.2) is 55.5 Å². The van der Waals surface area contributed by atoms with Gasteiger partial charge in [-0.25, -0.2) is 4.68 Å². The number of nitrogens with one attached hydrogen (secondary N) is 1. The van der Waals surface area contributed by atoms with Crippen molar-refractivity contribution in [2.45, 2.75) is 57.9 Å². The van der Waals surface area contributed by atoms with Gasteiger partial charge >= 0.3 is 23.1 Å². The van der Waals surface area contributed by atoms with Gasteiger partial charge in [-0.2, -0.15) is 17.9 Å². The Morgan fingerprint density at radius 3 is 2.43 bits per heavy atom. The number of aromatic nitrogens is 3. The predicted molar refractivity (Wildman–Crippen MR) is 134 cm³/mol. The van der Waals surface area contributed by atoms with Crippen LogP contribution in [-0.2, 0) is 0 Å². The summed E-state index contributed by atoms with van der Waals surface area (Å²) in [5.74, 6) is -0.192. The van der Waals surface area contributed by atoms with Crippen LogP contribution in [0, 0.1) is 13.3 Å². The minimum Gasteiger partial charge on any atom is -1.00 e. The van der Waals surface area contributed by atoms with Crippen molar-refractivity contribution < 1.29 is 22.0 Å². The Hall–Kier alpha value is -2.42. The Morgan fingerprint density at radius 2 is 1.86 bits per heavy atom. The molecule has 2 aliphatic carbocycles. The first-order valence-corrected chi connectivity index (χ1v) is 11.6. The van der Waals surface area contributed by atoms with Gasteiger partial charge in [-0.05, 0) is 49.6 Å². The fourth-order valence-electron chi connectivity index (χ4n) is 3.73. The second-order valence-corrected chi connectivity index (χ2v) is 8.58. The van der Waals surface area contributed by atoms with Gasteiger partial charge in [0.15, 0.2) is 0 Å². The number of carbonyl (C=O) groups is 2. The molecule has 1 amide bonds. The first-order valence-electron chi connectivity index (χ1n) is 11.6. The van der Waals surface area contributed by atoms with Gasteiger partial charge in [0.05, 0.1) is 17.4 Å². The number of hydrogen-bond donors (Lipinski definition) is 2. The van der Waals surface area contributed by atoms with Gasteiger partial charge in [-0.1, -0.05) is 31.4 Å². The zero-order valence-electron chi connectivity index (χ0n) is 20.0. The Labute approximate surface area is 228 Å². The zero-order chi connectivity index (χ0) is 23.2. The van der Waals surface area contributed by atoms with E-state index in [-0.39, 0.29) is 64.6 Å². The minimum absolute atomic E-state index is 0. The number of carbonyl (C=O) groups excluding carboxylic acids is 2. The molecule has 180 valence electrons. The molecule has 35 heavy (non-hydrogen) atoms. The van der Waals surface area contributed by atoms with Gasteiger partial charge in [0.2, 0.25) is 5.78 Å². The number of nitrogens with zero attached hydrogens (tertiary/aromatic N) is 3. The second-order valence-electron chi connectivity index (χ2n) is 8.58. The van der Waals surface area contributed by atoms with Crippen LogP contribution >= 0.6 is 0 Å². The number of anilines is 1. The fraction of sp³-hybridized carbons (Fsp3) is 0.346. The summed E-state index contributed by atoms with van der Waals surface area (Å²) in [6, 6.07) is 10.8. The molecule has 3 N–H and O–H groups in total. The molecule has 1 aromatic carbocycles. The molecule has 0 radical (unpaired) electrons. The SMILES string of the molecule is Cc1ccc(C(=O)NC2CC2)cc1-n1ncc(C(=O)c2ccccn2)c1N.[CH-]1CCCCC1.[Cl-].[Mg+2]. The molecule has 9 heteroatoms. The maximum atomic E-state index is 12.6. The summed E-state index contributed by atoms with van der Waals surface area (Å²) in [7, 11) is 0. The van der Waals surface area contributed by atoms with Gasteiger partial charge in [0, 0.05) is 17.8 Å². The molecule has 3 aromatic rings. The minimum atomic E-state index is -0.292. The van der Waals surface area contributed by atoms with Crippen LogP contribution in [0.5, 0.6) is 0 Å². The summed E-state index contributed by atoms with van der Waals surface area (Å²) in [5, 5.41) is 7.24. The number of aryl methyl sites for hydroxylation is 1. The molecule has 7 nitrogen and oxygen atoms in total. The molecule has 2 saturated carbocycles. The summed E-state index contributed by atoms with van der Waals surface area (Å²) in [6.07, 6.45) is 14.5. The number of nitrogens with two attached hydrogens (primary N) is 1. The molecule has 0 spiro atoms. The van der Waals surface area contributed by atoms with Crippen molar-refractivity contribution in [3.05, 3.63) is 77.6 Å². The topological polar surface area (TPSA) is 103 Å². The molecule has 2 aromatic heterocycles. The monoisotopic (exact) mass is 503 g/mol. The number of pyridine rings is 1. The third kappa shape index (κ3) is 7.53. The summed E-state index contributed by atoms with van der Waals surface area (Å²) in [4.78, 5) is 29.1. The average molecular weight is 504 g/mol. The predicted octanol–water partition coefficient (Wildman–Crippen LogP) is 1.06. The summed E-state index contributed by atoms with van der Waals surface area (Å²) < 4.78 is 1.49. The van der Waals surface area contributed by atoms with E-state index in [2.05, 4.69) is 21.8 Å². The molecule has 5 rings (SSSR count). The van der Waals surface area contributed by atoms with Crippen LogP contribution < -0.4 is 23.5 Å². The molecule has 0 saturated heterocycles. The van der Waals surface area contributed by atoms with E-state index in [0.717, 1.165) is 18.4 Å². The quantitative estimate of drug-likeness (QED) is 0.308. The Kier molecular flexibility index (Phi) is 11.2. The first-order chi connectivity index (χ1) is 16.0. The van der Waals surface area contributed by atoms with Crippen molar-refractivity contribution in [1.82, 2.24) is 20.1 Å². The fourth-order valence-corrected chi connectivity index (χ4v) is 3.73. The molecular formula is C26H30ClMgN5O2. The van der Waals surface area contributed by atoms with Crippen LogP contribution in [0.4, 0.5) is 5.82 Å². The number of amides is 1. The van der Waals surface area contributed by atoms with E-state index in [0.29, 0.717) is 16.9 Å². The van der Waals surface area contributed by atoms with Gasteiger partial charge < -0.3 is 29.9 Å². The normalized spacial score (nSPS) is 14.4. The molecule has 2 fully saturated rings. The van der Waals surface area contributed by atoms with Crippen LogP contribution in [0.15, 0.2) is 48.8 Å². The molecule has 0 atom stereocenters. The Bertz CT molecular complexity index is 1120. The van der Waals surface area contributed by atoms with E-state index in [1.54, 1.807) is 36.5 Å². The molecule has 2 heterocycles. The maximum absolute atomic E-state index is 12.6. The third-order valence-electron chi connectivity index (χ3n) is 5.88. The van der Waals surface area contributed by atoms with E-state index in [9.17, 15) is 9.59 Å². The molecule has 2 aliphatic rings. The molecule has 0 unspecified atom stereocenters. The standard InChI is InChI=1S/C20H19N5O2.C6H11.ClH.Mg/c1-12-5-6-13(20(27)24-14-7-8-14)10-17(12)25-19(21)15(11-23-25)18(26)16-4-2-3-9-22-16;1-2-4-6-5-3-1;;/h2-6,9-11,14H,7-8,21H2,1H3,(H,24,27);1H,2-6H2;1H;/q;-1;;+2/p-1. The molecule has 0 bridgehead atoms. The van der Waals surface area contributed by atoms with Crippen molar-refractivity contribution in [1.29, 1.82) is 0 Å². The summed E-state index contributed by atoms with van der Waals surface area (Å²) in [6.45, 7) is 1.90. The van der Waals surface area contributed by atoms with Crippen molar-refractivity contribution in [3.63, 3.8) is 0 Å². The molecule has 0 aliphatic heterocycles. The number of halogens is 1. The van der Waals surface area contributed by atoms with Gasteiger partial charge in [-0.15, -0.1) is 0 Å². The maximum Gasteiger partial charge on any atom is 2.00 e. The van der Waals surface area contributed by atoms with Crippen molar-refractivity contribution in [2.75, 3.05) is 5.73 Å². The van der Waals surface area contributed by atoms with Gasteiger partial charge in [0.25, 0.3) is 5.91 Å². The smallest absolute Gasteiger partial charge is 1.00 e. The second kappa shape index (κ2) is 13.6. The summed E-state index contributed by atoms with van der Waals surface area (Å²) in [5.41, 5.74) is 8.89. The van der Waals surface area contributed by atoms with E-state index in [1.807, 2.05) is 13.0 Å². The number of nitrogen functional groups attached to an aromatic ring is 1. The number of ketones is 1. The van der Waals surface area contributed by atoms with Gasteiger partial charge in [-0.3, -0.25) is 14.6 Å². The third-order valence-corrected chi connectivity index (χ3v) is 5.88. The van der Waals surface area contributed by atoms with E-state index in [1.165, 1.54) is 43.0 Å². The first kappa shape index (κ1) is 28.8. The van der Waals surface area contributed by atoms with Crippen LogP contribution in [0.1, 0.15) is 76.9 Å². The van der Waals surface area contributed by atoms with E-state index in [4.69, 9.17) is 5.73 Å². The molecular weight excluding hydrogens is 474 g/mol. The Balaban J connectivity index is 0.000000475. The van der Waals surface area contributed by atoms with E-state index < -0.39 is 0 Å². The number of rotatable bonds is 5. The van der Waals surface area contributed by atoms with Crippen molar-refractivity contribution in [3.8, 4) is 5.69 Å². The van der Waals surface area contributed by atoms with Crippen molar-refractivity contribution >= 4 is 40.6 Å². The number of hydrogen-bond acceptors (Lipinski definition) is 5.